The predicted octanol–water partition coefficient (Wildman–Crippen LogP) is 6.53. The van der Waals surface area contributed by atoms with Crippen LogP contribution in [0.25, 0.3) is 0 Å². The molecule has 5 heteroatoms. The van der Waals surface area contributed by atoms with Crippen molar-refractivity contribution < 1.29 is 15.3 Å². The fraction of sp³-hybridized carbons (Fsp3) is 0.562. The first-order valence-corrected chi connectivity index (χ1v) is 15.4. The molecule has 3 atom stereocenters. The second kappa shape index (κ2) is 15.9. The molecule has 4 rings (SSSR count). The third-order valence-electron chi connectivity index (χ3n) is 7.91. The van der Waals surface area contributed by atoms with Crippen LogP contribution in [0.2, 0.25) is 0 Å². The quantitative estimate of drug-likeness (QED) is 0.178. The number of esters is 1. The van der Waals surface area contributed by atoms with E-state index in [4.69, 9.17) is 11.2 Å². The fourth-order valence-electron chi connectivity index (χ4n) is 5.86. The predicted molar refractivity (Wildman–Crippen MR) is 156 cm³/mol. The first-order chi connectivity index (χ1) is 18.0. The standard InChI is InChI=1S/C23H31NO2.C8H11N.CH3Br/c1-3-18-17-22(2,20(18)13-16-24)26-21(25)23(14-9-4-5-10-15-23)19-11-7-6-8-12-19;1-2-3-8-4-6-9-7-5-8;1-2/h1,6-8,11-12,18,20H,4-5,9-10,13-17,24H2,2H3;4-7H,2-3H2,1H3;1H3/p+1. The highest BCUT2D eigenvalue weighted by Gasteiger charge is 2.55. The molecule has 0 bridgehead atoms. The third-order valence-corrected chi connectivity index (χ3v) is 7.91. The SMILES string of the molecule is C#CC1CC(C)(OC(=O)C2(c3ccccc3)CCCCCC2)C1CC[NH3+].CBr.CCCc1ccncc1. The van der Waals surface area contributed by atoms with Crippen molar-refractivity contribution in [2.75, 3.05) is 12.4 Å². The number of aryl methyl sites for hydroxylation is 1. The van der Waals surface area contributed by atoms with Gasteiger partial charge in [-0.15, -0.1) is 12.3 Å². The zero-order chi connectivity index (χ0) is 27.2. The van der Waals surface area contributed by atoms with Gasteiger partial charge in [-0.2, -0.15) is 0 Å². The number of benzene rings is 1. The molecular formula is C32H46BrN2O2+. The molecule has 3 N–H and O–H groups in total. The number of pyridine rings is 1. The second-order valence-electron chi connectivity index (χ2n) is 10.4. The third kappa shape index (κ3) is 8.16. The monoisotopic (exact) mass is 569 g/mol. The van der Waals surface area contributed by atoms with Crippen molar-refractivity contribution in [3.63, 3.8) is 0 Å². The number of hydrogen-bond donors (Lipinski definition) is 1. The van der Waals surface area contributed by atoms with Gasteiger partial charge in [0.05, 0.1) is 12.0 Å². The lowest BCUT2D eigenvalue weighted by Crippen LogP contribution is -2.60. The summed E-state index contributed by atoms with van der Waals surface area (Å²) in [6.07, 6.45) is 19.7. The average molecular weight is 571 g/mol. The Morgan fingerprint density at radius 3 is 2.27 bits per heavy atom. The van der Waals surface area contributed by atoms with Gasteiger partial charge in [-0.3, -0.25) is 9.78 Å². The number of carbonyl (C=O) groups excluding carboxylic acids is 1. The summed E-state index contributed by atoms with van der Waals surface area (Å²) < 4.78 is 6.26. The van der Waals surface area contributed by atoms with Crippen LogP contribution >= 0.6 is 15.9 Å². The van der Waals surface area contributed by atoms with Gasteiger partial charge in [0.1, 0.15) is 5.60 Å². The van der Waals surface area contributed by atoms with E-state index in [-0.39, 0.29) is 17.8 Å². The molecule has 2 aliphatic rings. The molecule has 2 aliphatic carbocycles. The number of aromatic nitrogens is 1. The van der Waals surface area contributed by atoms with Gasteiger partial charge >= 0.3 is 5.97 Å². The maximum absolute atomic E-state index is 13.5. The van der Waals surface area contributed by atoms with Crippen molar-refractivity contribution in [3.8, 4) is 12.3 Å². The first-order valence-electron chi connectivity index (χ1n) is 13.8. The van der Waals surface area contributed by atoms with Gasteiger partial charge in [-0.05, 0) is 55.3 Å². The van der Waals surface area contributed by atoms with Crippen LogP contribution in [0.1, 0.15) is 82.8 Å². The number of carbonyl (C=O) groups is 1. The summed E-state index contributed by atoms with van der Waals surface area (Å²) >= 11 is 2.94. The Morgan fingerprint density at radius 2 is 1.73 bits per heavy atom. The molecule has 1 aromatic carbocycles. The van der Waals surface area contributed by atoms with Crippen molar-refractivity contribution >= 4 is 21.9 Å². The topological polar surface area (TPSA) is 66.8 Å². The van der Waals surface area contributed by atoms with Gasteiger partial charge in [0, 0.05) is 37.1 Å². The van der Waals surface area contributed by atoms with Crippen molar-refractivity contribution in [2.24, 2.45) is 11.8 Å². The van der Waals surface area contributed by atoms with Gasteiger partial charge in [0.15, 0.2) is 0 Å². The van der Waals surface area contributed by atoms with Gasteiger partial charge in [0.25, 0.3) is 0 Å². The molecule has 2 aromatic rings. The van der Waals surface area contributed by atoms with E-state index >= 15 is 0 Å². The summed E-state index contributed by atoms with van der Waals surface area (Å²) in [5.74, 6) is 5.08. The minimum absolute atomic E-state index is 0.0439. The van der Waals surface area contributed by atoms with E-state index in [1.807, 2.05) is 36.4 Å². The lowest BCUT2D eigenvalue weighted by atomic mass is 9.60. The van der Waals surface area contributed by atoms with E-state index in [0.717, 1.165) is 50.6 Å². The Balaban J connectivity index is 0.000000367. The lowest BCUT2D eigenvalue weighted by molar-refractivity contribution is -0.374. The molecule has 0 radical (unpaired) electrons. The van der Waals surface area contributed by atoms with Crippen LogP contribution in [-0.4, -0.2) is 28.9 Å². The maximum Gasteiger partial charge on any atom is 0.317 e. The Kier molecular flexibility index (Phi) is 13.4. The van der Waals surface area contributed by atoms with E-state index in [1.165, 1.54) is 31.2 Å². The molecule has 0 spiro atoms. The molecule has 0 amide bonds. The van der Waals surface area contributed by atoms with Gasteiger partial charge in [-0.25, -0.2) is 0 Å². The normalized spacial score (nSPS) is 23.9. The lowest BCUT2D eigenvalue weighted by Gasteiger charge is -2.51. The summed E-state index contributed by atoms with van der Waals surface area (Å²) in [5.41, 5.74) is 5.52. The van der Waals surface area contributed by atoms with E-state index in [1.54, 1.807) is 0 Å². The molecule has 3 unspecified atom stereocenters. The Labute approximate surface area is 233 Å². The average Bonchev–Trinajstić information content (AvgIpc) is 3.21. The number of nitrogens with zero attached hydrogens (tertiary/aromatic N) is 1. The number of alkyl halides is 1. The van der Waals surface area contributed by atoms with Crippen LogP contribution < -0.4 is 5.73 Å². The minimum atomic E-state index is -0.503. The van der Waals surface area contributed by atoms with Crippen molar-refractivity contribution in [1.82, 2.24) is 4.98 Å². The van der Waals surface area contributed by atoms with Crippen LogP contribution in [0.5, 0.6) is 0 Å². The minimum Gasteiger partial charge on any atom is -0.458 e. The number of halogens is 1. The molecule has 0 aliphatic heterocycles. The molecule has 0 saturated heterocycles. The Hall–Kier alpha value is -2.16. The van der Waals surface area contributed by atoms with Crippen LogP contribution in [0.4, 0.5) is 0 Å². The summed E-state index contributed by atoms with van der Waals surface area (Å²) in [7, 11) is 0. The number of ether oxygens (including phenoxy) is 1. The molecule has 2 saturated carbocycles. The van der Waals surface area contributed by atoms with Gasteiger partial charge < -0.3 is 10.5 Å². The molecule has 202 valence electrons. The van der Waals surface area contributed by atoms with Crippen molar-refractivity contribution in [3.05, 3.63) is 66.0 Å². The molecule has 37 heavy (non-hydrogen) atoms. The largest absolute Gasteiger partial charge is 0.458 e. The van der Waals surface area contributed by atoms with E-state index < -0.39 is 11.0 Å². The van der Waals surface area contributed by atoms with Crippen molar-refractivity contribution in [1.29, 1.82) is 0 Å². The highest BCUT2D eigenvalue weighted by molar-refractivity contribution is 9.08. The number of quaternary nitrogens is 1. The number of terminal acetylenes is 1. The summed E-state index contributed by atoms with van der Waals surface area (Å²) in [6, 6.07) is 14.4. The molecule has 1 aromatic heterocycles. The molecule has 2 fully saturated rings. The molecular weight excluding hydrogens is 524 g/mol. The van der Waals surface area contributed by atoms with Crippen molar-refractivity contribution in [2.45, 2.75) is 89.1 Å². The van der Waals surface area contributed by atoms with Gasteiger partial charge in [-0.1, -0.05) is 85.3 Å². The highest BCUT2D eigenvalue weighted by Crippen LogP contribution is 2.50. The Bertz CT molecular complexity index is 952. The van der Waals surface area contributed by atoms with Crippen LogP contribution in [-0.2, 0) is 21.4 Å². The van der Waals surface area contributed by atoms with E-state index in [9.17, 15) is 4.79 Å². The number of rotatable bonds is 7. The first kappa shape index (κ1) is 31.1. The highest BCUT2D eigenvalue weighted by atomic mass is 79.9. The fourth-order valence-corrected chi connectivity index (χ4v) is 5.86. The van der Waals surface area contributed by atoms with Gasteiger partial charge in [0.2, 0.25) is 0 Å². The Morgan fingerprint density at radius 1 is 1.11 bits per heavy atom. The summed E-state index contributed by atoms with van der Waals surface area (Å²) in [6.45, 7) is 5.06. The maximum atomic E-state index is 13.5. The summed E-state index contributed by atoms with van der Waals surface area (Å²) in [4.78, 5) is 17.5. The summed E-state index contributed by atoms with van der Waals surface area (Å²) in [5, 5.41) is 0. The smallest absolute Gasteiger partial charge is 0.317 e. The zero-order valence-corrected chi connectivity index (χ0v) is 24.6. The van der Waals surface area contributed by atoms with Crippen LogP contribution in [0.15, 0.2) is 54.9 Å². The second-order valence-corrected chi connectivity index (χ2v) is 10.4. The molecule has 1 heterocycles. The zero-order valence-electron chi connectivity index (χ0n) is 23.1. The van der Waals surface area contributed by atoms with E-state index in [2.05, 4.69) is 70.7 Å². The van der Waals surface area contributed by atoms with Crippen LogP contribution in [0, 0.1) is 24.2 Å². The number of hydrogen-bond acceptors (Lipinski definition) is 3. The molecule has 4 nitrogen and oxygen atoms in total. The van der Waals surface area contributed by atoms with E-state index in [0.29, 0.717) is 0 Å². The van der Waals surface area contributed by atoms with Crippen LogP contribution in [0.3, 0.4) is 0 Å².